The summed E-state index contributed by atoms with van der Waals surface area (Å²) in [7, 11) is -2.44. The standard InChI is InChI=1S/C45H38OP2/c1-47(2,3)32-18-14-16-30(28-32)42-34-20-6-10-24-38(34)44(39-25-11-7-21-35(39)42)45-40-26-12-8-22-36(40)43(37-23-9-13-27-41(37)45)31-17-15-19-33(29-31)48(4,5)46/h6-29H,1H2,2-5H3. The van der Waals surface area contributed by atoms with Gasteiger partial charge in [0, 0.05) is 5.30 Å². The lowest BCUT2D eigenvalue weighted by atomic mass is 9.81. The quantitative estimate of drug-likeness (QED) is 0.133. The molecular formula is C45H38OP2. The van der Waals surface area contributed by atoms with Crippen molar-refractivity contribution < 1.29 is 4.57 Å². The lowest BCUT2D eigenvalue weighted by Gasteiger charge is -2.23. The number of hydrogen-bond donors (Lipinski definition) is 0. The fourth-order valence-electron chi connectivity index (χ4n) is 7.45. The normalized spacial score (nSPS) is 12.3. The minimum atomic E-state index is -2.44. The molecule has 0 amide bonds. The molecule has 0 spiro atoms. The first kappa shape index (κ1) is 30.7. The number of fused-ring (bicyclic) bond motifs is 4. The molecule has 8 rings (SSSR count). The summed E-state index contributed by atoms with van der Waals surface area (Å²) in [6, 6.07) is 52.9. The molecule has 0 radical (unpaired) electrons. The van der Waals surface area contributed by atoms with Crippen molar-refractivity contribution in [2.24, 2.45) is 0 Å². The first-order valence-corrected chi connectivity index (χ1v) is 21.9. The van der Waals surface area contributed by atoms with Crippen LogP contribution in [0.2, 0.25) is 0 Å². The highest BCUT2D eigenvalue weighted by molar-refractivity contribution is 7.79. The number of benzene rings is 8. The summed E-state index contributed by atoms with van der Waals surface area (Å²) in [4.78, 5) is 0. The molecule has 0 aliphatic heterocycles. The van der Waals surface area contributed by atoms with Gasteiger partial charge in [0.1, 0.15) is 7.14 Å². The zero-order valence-corrected chi connectivity index (χ0v) is 29.7. The second-order valence-corrected chi connectivity index (χ2v) is 20.9. The molecule has 8 aromatic carbocycles. The summed E-state index contributed by atoms with van der Waals surface area (Å²) < 4.78 is 13.2. The topological polar surface area (TPSA) is 17.1 Å². The second kappa shape index (κ2) is 11.5. The van der Waals surface area contributed by atoms with Crippen LogP contribution in [-0.2, 0) is 4.57 Å². The van der Waals surface area contributed by atoms with Crippen LogP contribution in [0.3, 0.4) is 0 Å². The predicted octanol–water partition coefficient (Wildman–Crippen LogP) is 11.9. The van der Waals surface area contributed by atoms with Gasteiger partial charge in [0.05, 0.1) is 0 Å². The third-order valence-electron chi connectivity index (χ3n) is 9.70. The Kier molecular flexibility index (Phi) is 7.34. The van der Waals surface area contributed by atoms with Crippen LogP contribution in [0.25, 0.3) is 76.5 Å². The molecule has 0 aliphatic rings. The van der Waals surface area contributed by atoms with Gasteiger partial charge in [-0.3, -0.25) is 0 Å². The molecule has 0 bridgehead atoms. The van der Waals surface area contributed by atoms with Crippen molar-refractivity contribution in [2.75, 3.05) is 26.7 Å². The third-order valence-corrected chi connectivity index (χ3v) is 12.9. The van der Waals surface area contributed by atoms with Gasteiger partial charge in [-0.2, -0.15) is 0 Å². The summed E-state index contributed by atoms with van der Waals surface area (Å²) in [5.41, 5.74) is 7.28. The van der Waals surface area contributed by atoms with Gasteiger partial charge in [-0.05, 0) is 121 Å². The van der Waals surface area contributed by atoms with Crippen LogP contribution >= 0.6 is 14.0 Å². The van der Waals surface area contributed by atoms with Crippen LogP contribution < -0.4 is 10.6 Å². The van der Waals surface area contributed by atoms with Crippen LogP contribution in [0.4, 0.5) is 0 Å². The van der Waals surface area contributed by atoms with E-state index in [4.69, 9.17) is 0 Å². The van der Waals surface area contributed by atoms with E-state index in [-0.39, 0.29) is 0 Å². The number of rotatable bonds is 5. The summed E-state index contributed by atoms with van der Waals surface area (Å²) >= 11 is 0. The maximum atomic E-state index is 13.2. The Morgan fingerprint density at radius 3 is 0.979 bits per heavy atom. The lowest BCUT2D eigenvalue weighted by Crippen LogP contribution is -2.03. The van der Waals surface area contributed by atoms with Gasteiger partial charge >= 0.3 is 0 Å². The van der Waals surface area contributed by atoms with Crippen molar-refractivity contribution in [1.29, 1.82) is 0 Å². The molecule has 0 aliphatic carbocycles. The highest BCUT2D eigenvalue weighted by Gasteiger charge is 2.23. The fourth-order valence-corrected chi connectivity index (χ4v) is 9.33. The molecular weight excluding hydrogens is 618 g/mol. The van der Waals surface area contributed by atoms with E-state index in [1.54, 1.807) is 0 Å². The van der Waals surface area contributed by atoms with Crippen molar-refractivity contribution in [3.8, 4) is 33.4 Å². The Hall–Kier alpha value is -4.67. The van der Waals surface area contributed by atoms with E-state index < -0.39 is 14.0 Å². The molecule has 3 heteroatoms. The van der Waals surface area contributed by atoms with Crippen LogP contribution in [0.5, 0.6) is 0 Å². The van der Waals surface area contributed by atoms with Crippen LogP contribution in [0.15, 0.2) is 146 Å². The van der Waals surface area contributed by atoms with Crippen molar-refractivity contribution in [1.82, 2.24) is 0 Å². The van der Waals surface area contributed by atoms with E-state index >= 15 is 0 Å². The van der Waals surface area contributed by atoms with E-state index in [1.807, 2.05) is 25.5 Å². The third kappa shape index (κ3) is 5.05. The molecule has 0 fully saturated rings. The molecule has 0 heterocycles. The van der Waals surface area contributed by atoms with Gasteiger partial charge in [-0.1, -0.05) is 147 Å². The van der Waals surface area contributed by atoms with Crippen molar-refractivity contribution in [3.05, 3.63) is 146 Å². The molecule has 8 aromatic rings. The molecule has 0 N–H and O–H groups in total. The Morgan fingerprint density at radius 1 is 0.375 bits per heavy atom. The van der Waals surface area contributed by atoms with Gasteiger partial charge in [-0.25, -0.2) is 0 Å². The molecule has 0 unspecified atom stereocenters. The largest absolute Gasteiger partial charge is 0.319 e. The van der Waals surface area contributed by atoms with E-state index in [2.05, 4.69) is 153 Å². The second-order valence-electron chi connectivity index (χ2n) is 13.8. The van der Waals surface area contributed by atoms with Crippen LogP contribution in [0, 0.1) is 0 Å². The first-order chi connectivity index (χ1) is 23.1. The number of hydrogen-bond acceptors (Lipinski definition) is 1. The highest BCUT2D eigenvalue weighted by Crippen LogP contribution is 2.50. The van der Waals surface area contributed by atoms with Gasteiger partial charge in [0.25, 0.3) is 0 Å². The van der Waals surface area contributed by atoms with Gasteiger partial charge in [0.2, 0.25) is 0 Å². The summed E-state index contributed by atoms with van der Waals surface area (Å²) in [5.74, 6) is 0. The molecule has 0 saturated heterocycles. The van der Waals surface area contributed by atoms with E-state index in [9.17, 15) is 4.57 Å². The van der Waals surface area contributed by atoms with Gasteiger partial charge in [0.15, 0.2) is 0 Å². The van der Waals surface area contributed by atoms with Crippen molar-refractivity contribution in [2.45, 2.75) is 0 Å². The molecule has 0 aromatic heterocycles. The molecule has 48 heavy (non-hydrogen) atoms. The minimum absolute atomic E-state index is 0.901. The maximum Gasteiger partial charge on any atom is 0.109 e. The monoisotopic (exact) mass is 656 g/mol. The molecule has 0 atom stereocenters. The fraction of sp³-hybridized carbons (Fsp3) is 0.0889. The van der Waals surface area contributed by atoms with Crippen molar-refractivity contribution in [3.63, 3.8) is 0 Å². The zero-order chi connectivity index (χ0) is 33.2. The van der Waals surface area contributed by atoms with Gasteiger partial charge in [-0.15, -0.1) is 0 Å². The van der Waals surface area contributed by atoms with E-state index in [0.29, 0.717) is 0 Å². The average Bonchev–Trinajstić information content (AvgIpc) is 3.09. The Balaban J connectivity index is 1.54. The Bertz CT molecular complexity index is 2370. The SMILES string of the molecule is C=P(C)(C)c1cccc(-c2c3ccccc3c(-c3c4ccccc4c(-c4cccc(P(C)(C)=O)c4)c4ccccc34)c3ccccc23)c1. The van der Waals surface area contributed by atoms with Gasteiger partial charge < -0.3 is 4.57 Å². The molecule has 1 nitrogen and oxygen atoms in total. The van der Waals surface area contributed by atoms with Crippen LogP contribution in [-0.4, -0.2) is 33.0 Å². The highest BCUT2D eigenvalue weighted by atomic mass is 31.2. The Labute approximate surface area is 283 Å². The smallest absolute Gasteiger partial charge is 0.109 e. The maximum absolute atomic E-state index is 13.2. The molecule has 234 valence electrons. The van der Waals surface area contributed by atoms with Crippen LogP contribution in [0.1, 0.15) is 0 Å². The first-order valence-electron chi connectivity index (χ1n) is 16.4. The Morgan fingerprint density at radius 2 is 0.667 bits per heavy atom. The summed E-state index contributed by atoms with van der Waals surface area (Å²) in [6.45, 7) is 6.81. The lowest BCUT2D eigenvalue weighted by molar-refractivity contribution is 0.588. The average molecular weight is 657 g/mol. The minimum Gasteiger partial charge on any atom is -0.319 e. The zero-order valence-electron chi connectivity index (χ0n) is 27.9. The predicted molar refractivity (Wildman–Crippen MR) is 217 cm³/mol. The van der Waals surface area contributed by atoms with Crippen molar-refractivity contribution >= 4 is 74.0 Å². The summed E-state index contributed by atoms with van der Waals surface area (Å²) in [5, 5.41) is 12.0. The van der Waals surface area contributed by atoms with E-state index in [0.717, 1.165) is 10.9 Å². The summed E-state index contributed by atoms with van der Waals surface area (Å²) in [6.07, 6.45) is 4.55. The van der Waals surface area contributed by atoms with E-state index in [1.165, 1.54) is 76.2 Å². The molecule has 0 saturated carbocycles.